The number of aryl methyl sites for hydroxylation is 1. The second-order valence-corrected chi connectivity index (χ2v) is 5.03. The molecule has 0 atom stereocenters. The van der Waals surface area contributed by atoms with Gasteiger partial charge in [0, 0.05) is 12.6 Å². The molecule has 0 spiro atoms. The Morgan fingerprint density at radius 1 is 1.30 bits per heavy atom. The number of amides is 1. The van der Waals surface area contributed by atoms with Crippen LogP contribution in [0.2, 0.25) is 0 Å². The van der Waals surface area contributed by atoms with Gasteiger partial charge in [-0.15, -0.1) is 0 Å². The van der Waals surface area contributed by atoms with Crippen molar-refractivity contribution in [1.82, 2.24) is 15.1 Å². The lowest BCUT2D eigenvalue weighted by Gasteiger charge is -2.03. The molecular weight excluding hydrogens is 294 g/mol. The molecule has 0 aliphatic carbocycles. The van der Waals surface area contributed by atoms with Crippen molar-refractivity contribution in [3.05, 3.63) is 60.2 Å². The van der Waals surface area contributed by atoms with Gasteiger partial charge in [-0.3, -0.25) is 9.48 Å². The average molecular weight is 311 g/mol. The number of benzene rings is 1. The molecule has 0 saturated heterocycles. The maximum atomic E-state index is 12.2. The zero-order valence-corrected chi connectivity index (χ0v) is 12.9. The van der Waals surface area contributed by atoms with E-state index >= 15 is 0 Å². The molecule has 118 valence electrons. The Labute approximate surface area is 133 Å². The lowest BCUT2D eigenvalue weighted by Crippen LogP contribution is -2.23. The monoisotopic (exact) mass is 311 g/mol. The predicted octanol–water partition coefficient (Wildman–Crippen LogP) is 2.62. The highest BCUT2D eigenvalue weighted by Crippen LogP contribution is 2.22. The van der Waals surface area contributed by atoms with Crippen LogP contribution in [-0.4, -0.2) is 22.8 Å². The Morgan fingerprint density at radius 3 is 2.74 bits per heavy atom. The van der Waals surface area contributed by atoms with Gasteiger partial charge in [0.1, 0.15) is 11.5 Å². The molecule has 1 amide bonds. The number of carbonyl (C=O) groups is 1. The van der Waals surface area contributed by atoms with Gasteiger partial charge in [-0.1, -0.05) is 0 Å². The van der Waals surface area contributed by atoms with E-state index in [1.54, 1.807) is 30.2 Å². The minimum Gasteiger partial charge on any atom is -0.497 e. The summed E-state index contributed by atoms with van der Waals surface area (Å²) in [6.07, 6.45) is 1.57. The third kappa shape index (κ3) is 3.26. The number of carbonyl (C=O) groups excluding carboxylic acids is 1. The molecule has 3 aromatic rings. The lowest BCUT2D eigenvalue weighted by molar-refractivity contribution is 0.0942. The zero-order valence-electron chi connectivity index (χ0n) is 12.9. The van der Waals surface area contributed by atoms with E-state index in [0.29, 0.717) is 18.0 Å². The van der Waals surface area contributed by atoms with Crippen LogP contribution in [0.5, 0.6) is 5.75 Å². The third-order valence-electron chi connectivity index (χ3n) is 3.50. The maximum Gasteiger partial charge on any atom is 0.272 e. The molecule has 1 N–H and O–H groups in total. The van der Waals surface area contributed by atoms with Gasteiger partial charge < -0.3 is 14.5 Å². The van der Waals surface area contributed by atoms with Crippen LogP contribution in [0.1, 0.15) is 16.2 Å². The summed E-state index contributed by atoms with van der Waals surface area (Å²) in [6.45, 7) is 0.334. The van der Waals surface area contributed by atoms with E-state index in [4.69, 9.17) is 9.15 Å². The first kappa shape index (κ1) is 14.9. The summed E-state index contributed by atoms with van der Waals surface area (Å²) in [5.74, 6) is 1.24. The second-order valence-electron chi connectivity index (χ2n) is 5.03. The molecule has 0 aliphatic rings. The van der Waals surface area contributed by atoms with Crippen molar-refractivity contribution in [2.75, 3.05) is 7.11 Å². The van der Waals surface area contributed by atoms with Crippen molar-refractivity contribution in [3.63, 3.8) is 0 Å². The first-order valence-corrected chi connectivity index (χ1v) is 7.16. The molecule has 3 rings (SSSR count). The van der Waals surface area contributed by atoms with Crippen molar-refractivity contribution < 1.29 is 13.9 Å². The van der Waals surface area contributed by atoms with Gasteiger partial charge in [0.15, 0.2) is 5.69 Å². The highest BCUT2D eigenvalue weighted by atomic mass is 16.5. The van der Waals surface area contributed by atoms with Gasteiger partial charge >= 0.3 is 0 Å². The number of hydrogen-bond acceptors (Lipinski definition) is 4. The summed E-state index contributed by atoms with van der Waals surface area (Å²) in [5.41, 5.74) is 2.19. The van der Waals surface area contributed by atoms with Crippen LogP contribution < -0.4 is 10.1 Å². The Balaban J connectivity index is 1.75. The second kappa shape index (κ2) is 6.39. The number of nitrogens with one attached hydrogen (secondary N) is 1. The standard InChI is InChI=1S/C17H17N3O3/c1-20-16(12-5-7-13(22-2)8-6-12)10-15(19-20)17(21)18-11-14-4-3-9-23-14/h3-10H,11H2,1-2H3,(H,18,21). The molecule has 0 aliphatic heterocycles. The number of nitrogens with zero attached hydrogens (tertiary/aromatic N) is 2. The van der Waals surface area contributed by atoms with Gasteiger partial charge in [-0.25, -0.2) is 0 Å². The Morgan fingerprint density at radius 2 is 2.09 bits per heavy atom. The minimum absolute atomic E-state index is 0.239. The van der Waals surface area contributed by atoms with Crippen LogP contribution in [-0.2, 0) is 13.6 Å². The van der Waals surface area contributed by atoms with E-state index in [2.05, 4.69) is 10.4 Å². The number of hydrogen-bond donors (Lipinski definition) is 1. The molecule has 0 fully saturated rings. The molecule has 1 aromatic carbocycles. The molecule has 2 heterocycles. The highest BCUT2D eigenvalue weighted by molar-refractivity contribution is 5.93. The summed E-state index contributed by atoms with van der Waals surface area (Å²) >= 11 is 0. The molecule has 0 radical (unpaired) electrons. The lowest BCUT2D eigenvalue weighted by atomic mass is 10.1. The van der Waals surface area contributed by atoms with E-state index in [1.807, 2.05) is 37.4 Å². The molecule has 23 heavy (non-hydrogen) atoms. The summed E-state index contributed by atoms with van der Waals surface area (Å²) in [5, 5.41) is 7.06. The first-order valence-electron chi connectivity index (χ1n) is 7.16. The maximum absolute atomic E-state index is 12.2. The minimum atomic E-state index is -0.239. The van der Waals surface area contributed by atoms with Crippen LogP contribution >= 0.6 is 0 Å². The van der Waals surface area contributed by atoms with E-state index in [1.165, 1.54) is 0 Å². The third-order valence-corrected chi connectivity index (χ3v) is 3.50. The Bertz CT molecular complexity index is 789. The van der Waals surface area contributed by atoms with Gasteiger partial charge in [-0.2, -0.15) is 5.10 Å². The SMILES string of the molecule is COc1ccc(-c2cc(C(=O)NCc3ccco3)nn2C)cc1. The van der Waals surface area contributed by atoms with Gasteiger partial charge in [0.25, 0.3) is 5.91 Å². The molecule has 6 nitrogen and oxygen atoms in total. The van der Waals surface area contributed by atoms with Crippen molar-refractivity contribution >= 4 is 5.91 Å². The van der Waals surface area contributed by atoms with Crippen molar-refractivity contribution in [2.45, 2.75) is 6.54 Å². The highest BCUT2D eigenvalue weighted by Gasteiger charge is 2.14. The molecule has 0 bridgehead atoms. The van der Waals surface area contributed by atoms with Crippen LogP contribution in [0.4, 0.5) is 0 Å². The largest absolute Gasteiger partial charge is 0.497 e. The normalized spacial score (nSPS) is 10.5. The number of furan rings is 1. The van der Waals surface area contributed by atoms with Crippen LogP contribution in [0.15, 0.2) is 53.1 Å². The van der Waals surface area contributed by atoms with Gasteiger partial charge in [-0.05, 0) is 42.5 Å². The first-order chi connectivity index (χ1) is 11.2. The predicted molar refractivity (Wildman–Crippen MR) is 85.1 cm³/mol. The molecule has 2 aromatic heterocycles. The van der Waals surface area contributed by atoms with Crippen LogP contribution in [0.3, 0.4) is 0 Å². The molecule has 6 heteroatoms. The zero-order chi connectivity index (χ0) is 16.2. The van der Waals surface area contributed by atoms with Crippen LogP contribution in [0, 0.1) is 0 Å². The fourth-order valence-electron chi connectivity index (χ4n) is 2.28. The number of rotatable bonds is 5. The summed E-state index contributed by atoms with van der Waals surface area (Å²) in [4.78, 5) is 12.2. The quantitative estimate of drug-likeness (QED) is 0.786. The average Bonchev–Trinajstić information content (AvgIpc) is 3.22. The fraction of sp³-hybridized carbons (Fsp3) is 0.176. The summed E-state index contributed by atoms with van der Waals surface area (Å²) in [6, 6.07) is 13.0. The van der Waals surface area contributed by atoms with Crippen molar-refractivity contribution in [3.8, 4) is 17.0 Å². The summed E-state index contributed by atoms with van der Waals surface area (Å²) < 4.78 is 12.0. The smallest absolute Gasteiger partial charge is 0.272 e. The van der Waals surface area contributed by atoms with Crippen molar-refractivity contribution in [2.24, 2.45) is 7.05 Å². The molecule has 0 unspecified atom stereocenters. The van der Waals surface area contributed by atoms with Gasteiger partial charge in [0.2, 0.25) is 0 Å². The van der Waals surface area contributed by atoms with E-state index in [-0.39, 0.29) is 5.91 Å². The Kier molecular flexibility index (Phi) is 4.14. The molecule has 0 saturated carbocycles. The topological polar surface area (TPSA) is 69.3 Å². The summed E-state index contributed by atoms with van der Waals surface area (Å²) in [7, 11) is 3.43. The number of aromatic nitrogens is 2. The van der Waals surface area contributed by atoms with E-state index in [9.17, 15) is 4.79 Å². The fourth-order valence-corrected chi connectivity index (χ4v) is 2.28. The van der Waals surface area contributed by atoms with Gasteiger partial charge in [0.05, 0.1) is 25.6 Å². The van der Waals surface area contributed by atoms with E-state index < -0.39 is 0 Å². The van der Waals surface area contributed by atoms with Crippen LogP contribution in [0.25, 0.3) is 11.3 Å². The van der Waals surface area contributed by atoms with Crippen molar-refractivity contribution in [1.29, 1.82) is 0 Å². The Hall–Kier alpha value is -3.02. The molecular formula is C17H17N3O3. The number of ether oxygens (including phenoxy) is 1. The van der Waals surface area contributed by atoms with E-state index in [0.717, 1.165) is 17.0 Å². The number of methoxy groups -OCH3 is 1.